The van der Waals surface area contributed by atoms with Gasteiger partial charge in [0.2, 0.25) is 10.0 Å². The number of carbonyl (C=O) groups excluding carboxylic acids is 1. The highest BCUT2D eigenvalue weighted by Crippen LogP contribution is 2.30. The molecule has 1 saturated heterocycles. The van der Waals surface area contributed by atoms with Crippen LogP contribution in [0.5, 0.6) is 0 Å². The molecule has 5 nitrogen and oxygen atoms in total. The summed E-state index contributed by atoms with van der Waals surface area (Å²) >= 11 is 0. The molecule has 1 aliphatic carbocycles. The number of benzene rings is 1. The second kappa shape index (κ2) is 8.09. The highest BCUT2D eigenvalue weighted by Gasteiger charge is 2.29. The Morgan fingerprint density at radius 3 is 2.54 bits per heavy atom. The van der Waals surface area contributed by atoms with Gasteiger partial charge in [0.1, 0.15) is 0 Å². The molecule has 1 saturated carbocycles. The van der Waals surface area contributed by atoms with E-state index in [-0.39, 0.29) is 16.8 Å². The minimum atomic E-state index is -3.52. The smallest absolute Gasteiger partial charge is 0.251 e. The van der Waals surface area contributed by atoms with Crippen LogP contribution >= 0.6 is 0 Å². The van der Waals surface area contributed by atoms with Crippen molar-refractivity contribution in [3.63, 3.8) is 0 Å². The van der Waals surface area contributed by atoms with E-state index < -0.39 is 10.0 Å². The fourth-order valence-corrected chi connectivity index (χ4v) is 5.65. The maximum Gasteiger partial charge on any atom is 0.251 e. The van der Waals surface area contributed by atoms with Crippen molar-refractivity contribution < 1.29 is 13.2 Å². The third-order valence-corrected chi connectivity index (χ3v) is 7.97. The summed E-state index contributed by atoms with van der Waals surface area (Å²) in [7, 11) is -3.52. The number of piperidine rings is 1. The van der Waals surface area contributed by atoms with Crippen molar-refractivity contribution >= 4 is 15.9 Å². The van der Waals surface area contributed by atoms with E-state index in [0.29, 0.717) is 30.5 Å². The van der Waals surface area contributed by atoms with Crippen molar-refractivity contribution in [1.29, 1.82) is 0 Å². The van der Waals surface area contributed by atoms with Gasteiger partial charge in [0, 0.05) is 24.7 Å². The van der Waals surface area contributed by atoms with Crippen molar-refractivity contribution in [2.24, 2.45) is 11.8 Å². The Hall–Kier alpha value is -1.40. The molecule has 1 aliphatic heterocycles. The summed E-state index contributed by atoms with van der Waals surface area (Å²) in [5.41, 5.74) is 0.425. The van der Waals surface area contributed by atoms with Gasteiger partial charge in [0.15, 0.2) is 0 Å². The Kier molecular flexibility index (Phi) is 6.03. The molecule has 1 heterocycles. The summed E-state index contributed by atoms with van der Waals surface area (Å²) in [6.45, 7) is 5.55. The first-order valence-corrected chi connectivity index (χ1v) is 11.2. The quantitative estimate of drug-likeness (QED) is 0.873. The predicted molar refractivity (Wildman–Crippen MR) is 102 cm³/mol. The van der Waals surface area contributed by atoms with Gasteiger partial charge in [-0.1, -0.05) is 39.2 Å². The van der Waals surface area contributed by atoms with Gasteiger partial charge in [0.25, 0.3) is 5.91 Å². The van der Waals surface area contributed by atoms with Gasteiger partial charge in [-0.3, -0.25) is 4.79 Å². The lowest BCUT2D eigenvalue weighted by Gasteiger charge is -2.34. The Balaban J connectivity index is 1.75. The molecule has 0 bridgehead atoms. The largest absolute Gasteiger partial charge is 0.349 e. The molecule has 2 aliphatic rings. The van der Waals surface area contributed by atoms with Gasteiger partial charge in [-0.2, -0.15) is 4.31 Å². The standard InChI is InChI=1S/C20H30N2O3S/c1-15-8-6-11-19(16(15)2)21-20(23)17-9-7-10-18(14-17)26(24,25)22-12-4-3-5-13-22/h7,9-10,14-16,19H,3-6,8,11-13H2,1-2H3,(H,21,23)/t15-,16-,19-/m1/s1. The molecule has 1 N–H and O–H groups in total. The van der Waals surface area contributed by atoms with Gasteiger partial charge in [-0.05, 0) is 49.3 Å². The van der Waals surface area contributed by atoms with Crippen LogP contribution in [-0.2, 0) is 10.0 Å². The van der Waals surface area contributed by atoms with Crippen molar-refractivity contribution in [1.82, 2.24) is 9.62 Å². The molecule has 26 heavy (non-hydrogen) atoms. The van der Waals surface area contributed by atoms with Crippen LogP contribution in [0, 0.1) is 11.8 Å². The Labute approximate surface area is 157 Å². The van der Waals surface area contributed by atoms with E-state index in [1.807, 2.05) is 0 Å². The number of hydrogen-bond donors (Lipinski definition) is 1. The maximum atomic E-state index is 12.8. The Morgan fingerprint density at radius 1 is 1.08 bits per heavy atom. The van der Waals surface area contributed by atoms with E-state index in [9.17, 15) is 13.2 Å². The molecule has 1 amide bonds. The van der Waals surface area contributed by atoms with Gasteiger partial charge in [0.05, 0.1) is 4.90 Å². The highest BCUT2D eigenvalue weighted by atomic mass is 32.2. The van der Waals surface area contributed by atoms with Crippen molar-refractivity contribution in [3.8, 4) is 0 Å². The molecule has 1 aromatic rings. The average molecular weight is 379 g/mol. The number of sulfonamides is 1. The van der Waals surface area contributed by atoms with E-state index in [2.05, 4.69) is 19.2 Å². The zero-order valence-corrected chi connectivity index (χ0v) is 16.6. The fraction of sp³-hybridized carbons (Fsp3) is 0.650. The van der Waals surface area contributed by atoms with Crippen molar-refractivity contribution in [2.45, 2.75) is 63.3 Å². The monoisotopic (exact) mass is 378 g/mol. The van der Waals surface area contributed by atoms with E-state index in [4.69, 9.17) is 0 Å². The number of nitrogens with zero attached hydrogens (tertiary/aromatic N) is 1. The normalized spacial score (nSPS) is 27.8. The second-order valence-corrected chi connectivity index (χ2v) is 9.78. The molecule has 144 valence electrons. The maximum absolute atomic E-state index is 12.8. The summed E-state index contributed by atoms with van der Waals surface area (Å²) in [5.74, 6) is 0.861. The van der Waals surface area contributed by atoms with Crippen LogP contribution < -0.4 is 5.32 Å². The van der Waals surface area contributed by atoms with E-state index >= 15 is 0 Å². The summed E-state index contributed by atoms with van der Waals surface area (Å²) in [4.78, 5) is 12.9. The molecule has 0 unspecified atom stereocenters. The minimum Gasteiger partial charge on any atom is -0.349 e. The Bertz CT molecular complexity index is 741. The lowest BCUT2D eigenvalue weighted by atomic mass is 9.78. The third-order valence-electron chi connectivity index (χ3n) is 6.07. The Morgan fingerprint density at radius 2 is 1.81 bits per heavy atom. The van der Waals surface area contributed by atoms with Crippen LogP contribution in [0.2, 0.25) is 0 Å². The number of amides is 1. The molecular weight excluding hydrogens is 348 g/mol. The van der Waals surface area contributed by atoms with Gasteiger partial charge >= 0.3 is 0 Å². The SMILES string of the molecule is C[C@@H]1[C@H](C)CCC[C@H]1NC(=O)c1cccc(S(=O)(=O)N2CCCCC2)c1. The second-order valence-electron chi connectivity index (χ2n) is 7.84. The first-order chi connectivity index (χ1) is 12.4. The van der Waals surface area contributed by atoms with E-state index in [1.165, 1.54) is 12.5 Å². The van der Waals surface area contributed by atoms with Crippen LogP contribution in [-0.4, -0.2) is 37.8 Å². The number of hydrogen-bond acceptors (Lipinski definition) is 3. The van der Waals surface area contributed by atoms with E-state index in [1.54, 1.807) is 22.5 Å². The van der Waals surface area contributed by atoms with Crippen LogP contribution in [0.3, 0.4) is 0 Å². The third kappa shape index (κ3) is 4.12. The van der Waals surface area contributed by atoms with Gasteiger partial charge in [-0.25, -0.2) is 8.42 Å². The van der Waals surface area contributed by atoms with Crippen LogP contribution in [0.15, 0.2) is 29.2 Å². The fourth-order valence-electron chi connectivity index (χ4n) is 4.09. The topological polar surface area (TPSA) is 66.5 Å². The lowest BCUT2D eigenvalue weighted by molar-refractivity contribution is 0.0891. The highest BCUT2D eigenvalue weighted by molar-refractivity contribution is 7.89. The molecule has 0 spiro atoms. The molecule has 3 rings (SSSR count). The molecule has 6 heteroatoms. The lowest BCUT2D eigenvalue weighted by Crippen LogP contribution is -2.43. The van der Waals surface area contributed by atoms with Crippen LogP contribution in [0.25, 0.3) is 0 Å². The molecule has 1 aromatic carbocycles. The molecule has 0 radical (unpaired) electrons. The average Bonchev–Trinajstić information content (AvgIpc) is 2.66. The number of nitrogens with one attached hydrogen (secondary N) is 1. The first-order valence-electron chi connectivity index (χ1n) is 9.80. The number of rotatable bonds is 4. The minimum absolute atomic E-state index is 0.161. The first kappa shape index (κ1) is 19.4. The zero-order valence-electron chi connectivity index (χ0n) is 15.8. The van der Waals surface area contributed by atoms with Crippen LogP contribution in [0.4, 0.5) is 0 Å². The zero-order chi connectivity index (χ0) is 18.7. The van der Waals surface area contributed by atoms with Gasteiger partial charge < -0.3 is 5.32 Å². The predicted octanol–water partition coefficient (Wildman–Crippen LogP) is 3.42. The number of carbonyl (C=O) groups is 1. The molecule has 3 atom stereocenters. The summed E-state index contributed by atoms with van der Waals surface area (Å²) in [6, 6.07) is 6.64. The van der Waals surface area contributed by atoms with Crippen molar-refractivity contribution in [3.05, 3.63) is 29.8 Å². The molecule has 2 fully saturated rings. The summed E-state index contributed by atoms with van der Waals surface area (Å²) in [5, 5.41) is 3.13. The molecular formula is C20H30N2O3S. The summed E-state index contributed by atoms with van der Waals surface area (Å²) < 4.78 is 27.2. The van der Waals surface area contributed by atoms with E-state index in [0.717, 1.165) is 32.1 Å². The van der Waals surface area contributed by atoms with Crippen molar-refractivity contribution in [2.75, 3.05) is 13.1 Å². The summed E-state index contributed by atoms with van der Waals surface area (Å²) in [6.07, 6.45) is 6.20. The van der Waals surface area contributed by atoms with Crippen LogP contribution in [0.1, 0.15) is 62.7 Å². The van der Waals surface area contributed by atoms with Gasteiger partial charge in [-0.15, -0.1) is 0 Å². The molecule has 0 aromatic heterocycles.